The summed E-state index contributed by atoms with van der Waals surface area (Å²) in [6, 6.07) is 6.94. The number of rotatable bonds is 4. The van der Waals surface area contributed by atoms with Crippen LogP contribution < -0.4 is 0 Å². The van der Waals surface area contributed by atoms with Gasteiger partial charge in [-0.3, -0.25) is 9.00 Å². The summed E-state index contributed by atoms with van der Waals surface area (Å²) < 4.78 is 25.5. The lowest BCUT2D eigenvalue weighted by molar-refractivity contribution is 0.102. The van der Waals surface area contributed by atoms with Crippen molar-refractivity contribution in [1.82, 2.24) is 0 Å². The maximum atomic E-state index is 13.0. The summed E-state index contributed by atoms with van der Waals surface area (Å²) in [5, 5.41) is -0.113. The van der Waals surface area contributed by atoms with Gasteiger partial charge in [-0.05, 0) is 30.3 Å². The molecular formula is C12H7Cl2FO2S2. The van der Waals surface area contributed by atoms with E-state index in [0.717, 1.165) is 17.4 Å². The number of ketones is 1. The highest BCUT2D eigenvalue weighted by Crippen LogP contribution is 2.23. The summed E-state index contributed by atoms with van der Waals surface area (Å²) in [5.41, 5.74) is 0. The summed E-state index contributed by atoms with van der Waals surface area (Å²) in [5.74, 6) is -1.03. The van der Waals surface area contributed by atoms with E-state index in [2.05, 4.69) is 0 Å². The number of thiophene rings is 1. The van der Waals surface area contributed by atoms with E-state index in [9.17, 15) is 13.4 Å². The van der Waals surface area contributed by atoms with E-state index in [1.807, 2.05) is 0 Å². The average Bonchev–Trinajstić information content (AvgIpc) is 2.79. The van der Waals surface area contributed by atoms with E-state index < -0.39 is 16.6 Å². The van der Waals surface area contributed by atoms with Crippen molar-refractivity contribution in [2.24, 2.45) is 0 Å². The Balaban J connectivity index is 2.12. The molecule has 1 heterocycles. The highest BCUT2D eigenvalue weighted by Gasteiger charge is 2.15. The topological polar surface area (TPSA) is 34.1 Å². The third kappa shape index (κ3) is 3.63. The number of carbonyl (C=O) groups is 1. The molecule has 1 atom stereocenters. The van der Waals surface area contributed by atoms with Gasteiger partial charge in [-0.1, -0.05) is 23.2 Å². The molecule has 1 aromatic carbocycles. The summed E-state index contributed by atoms with van der Waals surface area (Å²) in [7, 11) is -1.56. The Labute approximate surface area is 125 Å². The summed E-state index contributed by atoms with van der Waals surface area (Å²) in [6.45, 7) is 0. The SMILES string of the molecule is O=C(CS(=O)c1ccc(F)c(Cl)c1)c1ccc(Cl)s1. The lowest BCUT2D eigenvalue weighted by atomic mass is 10.3. The van der Waals surface area contributed by atoms with Crippen LogP contribution in [0.4, 0.5) is 4.39 Å². The van der Waals surface area contributed by atoms with Gasteiger partial charge in [-0.25, -0.2) is 4.39 Å². The van der Waals surface area contributed by atoms with E-state index >= 15 is 0 Å². The largest absolute Gasteiger partial charge is 0.292 e. The number of Topliss-reactive ketones (excluding diaryl/α,β-unsaturated/α-hetero) is 1. The summed E-state index contributed by atoms with van der Waals surface area (Å²) in [4.78, 5) is 12.6. The molecule has 100 valence electrons. The molecule has 0 radical (unpaired) electrons. The van der Waals surface area contributed by atoms with Gasteiger partial charge in [-0.2, -0.15) is 0 Å². The zero-order valence-corrected chi connectivity index (χ0v) is 12.5. The predicted octanol–water partition coefficient (Wildman–Crippen LogP) is 4.18. The zero-order valence-electron chi connectivity index (χ0n) is 9.36. The van der Waals surface area contributed by atoms with Crippen LogP contribution in [0.15, 0.2) is 35.2 Å². The van der Waals surface area contributed by atoms with Gasteiger partial charge in [0.1, 0.15) is 5.82 Å². The van der Waals surface area contributed by atoms with Crippen LogP contribution in [0.2, 0.25) is 9.36 Å². The van der Waals surface area contributed by atoms with Gasteiger partial charge >= 0.3 is 0 Å². The smallest absolute Gasteiger partial charge is 0.185 e. The van der Waals surface area contributed by atoms with Crippen molar-refractivity contribution in [3.63, 3.8) is 0 Å². The molecule has 0 aliphatic carbocycles. The maximum absolute atomic E-state index is 13.0. The molecule has 2 rings (SSSR count). The van der Waals surface area contributed by atoms with Crippen molar-refractivity contribution in [3.8, 4) is 0 Å². The molecule has 0 saturated heterocycles. The molecule has 7 heteroatoms. The number of hydrogen-bond acceptors (Lipinski definition) is 3. The van der Waals surface area contributed by atoms with Gasteiger partial charge < -0.3 is 0 Å². The van der Waals surface area contributed by atoms with Gasteiger partial charge in [0.2, 0.25) is 0 Å². The average molecular weight is 337 g/mol. The standard InChI is InChI=1S/C12H7Cl2FO2S2/c13-8-5-7(1-2-9(8)15)19(17)6-10(16)11-3-4-12(14)18-11/h1-5H,6H2. The number of hydrogen-bond donors (Lipinski definition) is 0. The van der Waals surface area contributed by atoms with E-state index in [-0.39, 0.29) is 16.6 Å². The van der Waals surface area contributed by atoms with Crippen LogP contribution in [0.3, 0.4) is 0 Å². The normalized spacial score (nSPS) is 12.4. The second kappa shape index (κ2) is 6.13. The number of benzene rings is 1. The van der Waals surface area contributed by atoms with E-state index in [0.29, 0.717) is 14.1 Å². The Morgan fingerprint density at radius 3 is 2.58 bits per heavy atom. The zero-order chi connectivity index (χ0) is 14.0. The molecule has 19 heavy (non-hydrogen) atoms. The molecule has 0 aliphatic heterocycles. The van der Waals surface area contributed by atoms with E-state index in [1.54, 1.807) is 12.1 Å². The first-order chi connectivity index (χ1) is 8.97. The lowest BCUT2D eigenvalue weighted by Gasteiger charge is -2.02. The minimum atomic E-state index is -1.56. The van der Waals surface area contributed by atoms with Crippen LogP contribution in [0.5, 0.6) is 0 Å². The Bertz CT molecular complexity index is 655. The van der Waals surface area contributed by atoms with Gasteiger partial charge in [0, 0.05) is 4.90 Å². The fraction of sp³-hybridized carbons (Fsp3) is 0.0833. The Hall–Kier alpha value is -0.750. The molecule has 2 nitrogen and oxygen atoms in total. The molecule has 1 unspecified atom stereocenters. The second-order valence-corrected chi connectivity index (χ2v) is 7.17. The molecule has 0 spiro atoms. The van der Waals surface area contributed by atoms with Gasteiger partial charge in [0.25, 0.3) is 0 Å². The fourth-order valence-corrected chi connectivity index (χ4v) is 3.70. The molecule has 0 amide bonds. The highest BCUT2D eigenvalue weighted by atomic mass is 35.5. The quantitative estimate of drug-likeness (QED) is 0.784. The third-order valence-corrected chi connectivity index (χ3v) is 5.13. The van der Waals surface area contributed by atoms with Crippen LogP contribution in [0, 0.1) is 5.82 Å². The minimum absolute atomic E-state index is 0.113. The second-order valence-electron chi connectivity index (χ2n) is 3.59. The van der Waals surface area contributed by atoms with Crippen molar-refractivity contribution >= 4 is 51.1 Å². The van der Waals surface area contributed by atoms with Crippen molar-refractivity contribution in [1.29, 1.82) is 0 Å². The lowest BCUT2D eigenvalue weighted by Crippen LogP contribution is -2.09. The van der Waals surface area contributed by atoms with E-state index in [1.165, 1.54) is 12.1 Å². The van der Waals surface area contributed by atoms with Crippen molar-refractivity contribution in [2.45, 2.75) is 4.90 Å². The maximum Gasteiger partial charge on any atom is 0.185 e. The first-order valence-corrected chi connectivity index (χ1v) is 7.98. The number of carbonyl (C=O) groups excluding carboxylic acids is 1. The van der Waals surface area contributed by atoms with Crippen LogP contribution in [-0.2, 0) is 10.8 Å². The van der Waals surface area contributed by atoms with Gasteiger partial charge in [0.05, 0.1) is 30.8 Å². The first kappa shape index (κ1) is 14.7. The van der Waals surface area contributed by atoms with Crippen molar-refractivity contribution in [3.05, 3.63) is 50.4 Å². The van der Waals surface area contributed by atoms with Crippen LogP contribution in [0.1, 0.15) is 9.67 Å². The molecular weight excluding hydrogens is 330 g/mol. The van der Waals surface area contributed by atoms with Gasteiger partial charge in [0.15, 0.2) is 5.78 Å². The van der Waals surface area contributed by atoms with Crippen LogP contribution in [0.25, 0.3) is 0 Å². The van der Waals surface area contributed by atoms with Gasteiger partial charge in [-0.15, -0.1) is 11.3 Å². The van der Waals surface area contributed by atoms with Crippen molar-refractivity contribution < 1.29 is 13.4 Å². The summed E-state index contributed by atoms with van der Waals surface area (Å²) >= 11 is 12.5. The number of halogens is 3. The Morgan fingerprint density at radius 1 is 1.26 bits per heavy atom. The third-order valence-electron chi connectivity index (χ3n) is 2.26. The molecule has 1 aromatic heterocycles. The summed E-state index contributed by atoms with van der Waals surface area (Å²) in [6.07, 6.45) is 0. The molecule has 0 bridgehead atoms. The molecule has 0 N–H and O–H groups in total. The first-order valence-electron chi connectivity index (χ1n) is 5.09. The molecule has 0 fully saturated rings. The van der Waals surface area contributed by atoms with E-state index in [4.69, 9.17) is 23.2 Å². The van der Waals surface area contributed by atoms with Crippen molar-refractivity contribution in [2.75, 3.05) is 5.75 Å². The Kier molecular flexibility index (Phi) is 4.73. The highest BCUT2D eigenvalue weighted by molar-refractivity contribution is 7.85. The van der Waals surface area contributed by atoms with Crippen LogP contribution >= 0.6 is 34.5 Å². The minimum Gasteiger partial charge on any atom is -0.292 e. The fourth-order valence-electron chi connectivity index (χ4n) is 1.36. The molecule has 2 aromatic rings. The predicted molar refractivity (Wildman–Crippen MR) is 76.3 cm³/mol. The van der Waals surface area contributed by atoms with Crippen LogP contribution in [-0.4, -0.2) is 15.7 Å². The molecule has 0 aliphatic rings. The molecule has 0 saturated carbocycles. The monoisotopic (exact) mass is 336 g/mol. The Morgan fingerprint density at radius 2 is 2.00 bits per heavy atom.